The molecule has 0 N–H and O–H groups in total. The predicted molar refractivity (Wildman–Crippen MR) is 233 cm³/mol. The highest BCUT2D eigenvalue weighted by Crippen LogP contribution is 2.53. The van der Waals surface area contributed by atoms with E-state index in [9.17, 15) is 0 Å². The van der Waals surface area contributed by atoms with Crippen molar-refractivity contribution < 1.29 is 4.74 Å². The molecule has 3 nitrogen and oxygen atoms in total. The van der Waals surface area contributed by atoms with Crippen LogP contribution in [0.3, 0.4) is 0 Å². The van der Waals surface area contributed by atoms with Crippen LogP contribution < -0.4 is 9.64 Å². The SMILES string of the molecule is CC1CC=Cc2c1c1c3ccc4ccc(N(C5=CCC6(C)C(=C5)Oc5ccccc56)c5cccc6c5Cc5ccccc5-6)cc4c3cc3c4ccccc4n2c31. The normalized spacial score (nSPS) is 19.2. The summed E-state index contributed by atoms with van der Waals surface area (Å²) in [7, 11) is 0. The van der Waals surface area contributed by atoms with Gasteiger partial charge in [-0.1, -0.05) is 110 Å². The number of para-hydroxylation sites is 2. The number of hydrogen-bond donors (Lipinski definition) is 0. The molecule has 3 heteroatoms. The predicted octanol–water partition coefficient (Wildman–Crippen LogP) is 13.7. The highest BCUT2D eigenvalue weighted by molar-refractivity contribution is 6.28. The maximum atomic E-state index is 6.67. The van der Waals surface area contributed by atoms with Gasteiger partial charge in [-0.15, -0.1) is 0 Å². The van der Waals surface area contributed by atoms with E-state index >= 15 is 0 Å². The van der Waals surface area contributed by atoms with E-state index in [1.54, 1.807) is 0 Å². The minimum atomic E-state index is -0.188. The number of fused-ring (bicyclic) bond motifs is 16. The van der Waals surface area contributed by atoms with Crippen LogP contribution in [0.5, 0.6) is 5.75 Å². The Morgan fingerprint density at radius 3 is 2.55 bits per heavy atom. The quantitative estimate of drug-likeness (QED) is 0.169. The molecule has 0 spiro atoms. The van der Waals surface area contributed by atoms with Crippen LogP contribution in [0.2, 0.25) is 0 Å². The maximum Gasteiger partial charge on any atom is 0.131 e. The lowest BCUT2D eigenvalue weighted by Gasteiger charge is -2.34. The molecule has 0 amide bonds. The number of anilines is 2. The standard InChI is InChI=1S/C53H38N2O/c1-31-11-9-19-47-50(31)51-39-24-22-32-21-23-34(28-40(32)41(39)30-43-38-14-5-7-17-45(38)55(47)52(43)51)54(46-18-10-15-37-36-13-4-3-12-33(36)27-42(37)46)35-25-26-53(2)44-16-6-8-20-48(44)56-49(53)29-35/h3-10,12-25,28-31H,11,26-27H2,1-2H3. The number of allylic oxidation sites excluding steroid dienone is 4. The molecular formula is C53H38N2O. The second kappa shape index (κ2) is 10.8. The van der Waals surface area contributed by atoms with E-state index in [0.29, 0.717) is 5.92 Å². The number of aromatic nitrogens is 1. The molecule has 1 aliphatic heterocycles. The summed E-state index contributed by atoms with van der Waals surface area (Å²) >= 11 is 0. The molecule has 2 atom stereocenters. The average Bonchev–Trinajstić information content (AvgIpc) is 3.97. The zero-order valence-corrected chi connectivity index (χ0v) is 31.4. The molecule has 0 saturated heterocycles. The molecule has 2 aromatic heterocycles. The largest absolute Gasteiger partial charge is 0.460 e. The average molecular weight is 719 g/mol. The summed E-state index contributed by atoms with van der Waals surface area (Å²) in [6.07, 6.45) is 12.3. The first kappa shape index (κ1) is 30.7. The van der Waals surface area contributed by atoms with Crippen molar-refractivity contribution in [3.05, 3.63) is 185 Å². The molecule has 2 unspecified atom stereocenters. The molecule has 13 rings (SSSR count). The smallest absolute Gasteiger partial charge is 0.131 e. The first-order valence-electron chi connectivity index (χ1n) is 20.1. The second-order valence-electron chi connectivity index (χ2n) is 16.6. The Morgan fingerprint density at radius 1 is 0.750 bits per heavy atom. The molecule has 9 aromatic rings. The summed E-state index contributed by atoms with van der Waals surface area (Å²) in [6, 6.07) is 47.6. The topological polar surface area (TPSA) is 16.9 Å². The van der Waals surface area contributed by atoms with Crippen molar-refractivity contribution in [2.24, 2.45) is 0 Å². The molecule has 0 saturated carbocycles. The zero-order valence-electron chi connectivity index (χ0n) is 31.4. The summed E-state index contributed by atoms with van der Waals surface area (Å²) in [5.74, 6) is 2.44. The van der Waals surface area contributed by atoms with Gasteiger partial charge in [-0.05, 0) is 118 Å². The number of benzene rings is 7. The Balaban J connectivity index is 1.08. The zero-order chi connectivity index (χ0) is 36.9. The maximum absolute atomic E-state index is 6.67. The van der Waals surface area contributed by atoms with Crippen LogP contribution in [0.1, 0.15) is 60.6 Å². The van der Waals surface area contributed by atoms with Gasteiger partial charge in [0.15, 0.2) is 0 Å². The summed E-state index contributed by atoms with van der Waals surface area (Å²) in [5.41, 5.74) is 15.5. The fourth-order valence-electron chi connectivity index (χ4n) is 10.9. The van der Waals surface area contributed by atoms with Gasteiger partial charge in [-0.2, -0.15) is 0 Å². The minimum Gasteiger partial charge on any atom is -0.460 e. The van der Waals surface area contributed by atoms with Gasteiger partial charge < -0.3 is 14.0 Å². The van der Waals surface area contributed by atoms with Crippen LogP contribution in [-0.4, -0.2) is 4.40 Å². The highest BCUT2D eigenvalue weighted by Gasteiger charge is 2.43. The van der Waals surface area contributed by atoms with Crippen molar-refractivity contribution in [2.75, 3.05) is 4.90 Å². The first-order chi connectivity index (χ1) is 27.5. The van der Waals surface area contributed by atoms with Crippen LogP contribution in [0, 0.1) is 0 Å². The van der Waals surface area contributed by atoms with Crippen LogP contribution >= 0.6 is 0 Å². The number of rotatable bonds is 3. The van der Waals surface area contributed by atoms with Crippen LogP contribution in [0.25, 0.3) is 65.9 Å². The summed E-state index contributed by atoms with van der Waals surface area (Å²) < 4.78 is 9.21. The third kappa shape index (κ3) is 3.87. The van der Waals surface area contributed by atoms with Crippen LogP contribution in [0.15, 0.2) is 157 Å². The molecule has 3 aliphatic carbocycles. The van der Waals surface area contributed by atoms with E-state index in [2.05, 4.69) is 175 Å². The van der Waals surface area contributed by atoms with Crippen molar-refractivity contribution in [1.82, 2.24) is 4.40 Å². The molecule has 56 heavy (non-hydrogen) atoms. The summed E-state index contributed by atoms with van der Waals surface area (Å²) in [5, 5.41) is 9.26. The third-order valence-corrected chi connectivity index (χ3v) is 13.6. The lowest BCUT2D eigenvalue weighted by atomic mass is 9.76. The molecule has 7 aromatic carbocycles. The molecule has 0 radical (unpaired) electrons. The molecular weight excluding hydrogens is 681 g/mol. The Morgan fingerprint density at radius 2 is 1.59 bits per heavy atom. The van der Waals surface area contributed by atoms with Gasteiger partial charge in [0.05, 0.1) is 27.8 Å². The molecule has 0 fully saturated rings. The molecule has 0 bridgehead atoms. The lowest BCUT2D eigenvalue weighted by molar-refractivity contribution is 0.375. The van der Waals surface area contributed by atoms with Gasteiger partial charge in [-0.3, -0.25) is 0 Å². The van der Waals surface area contributed by atoms with Gasteiger partial charge in [0, 0.05) is 45.6 Å². The summed E-state index contributed by atoms with van der Waals surface area (Å²) in [4.78, 5) is 2.51. The van der Waals surface area contributed by atoms with Crippen molar-refractivity contribution in [2.45, 2.75) is 44.4 Å². The fraction of sp³-hybridized carbons (Fsp3) is 0.132. The monoisotopic (exact) mass is 718 g/mol. The van der Waals surface area contributed by atoms with Gasteiger partial charge in [0.2, 0.25) is 0 Å². The van der Waals surface area contributed by atoms with E-state index in [0.717, 1.165) is 42.2 Å². The van der Waals surface area contributed by atoms with Gasteiger partial charge in [-0.25, -0.2) is 0 Å². The second-order valence-corrected chi connectivity index (χ2v) is 16.6. The van der Waals surface area contributed by atoms with Gasteiger partial charge in [0.1, 0.15) is 11.5 Å². The van der Waals surface area contributed by atoms with E-state index < -0.39 is 0 Å². The Hall–Kier alpha value is -6.58. The van der Waals surface area contributed by atoms with E-state index in [-0.39, 0.29) is 5.41 Å². The first-order valence-corrected chi connectivity index (χ1v) is 20.1. The number of nitrogens with zero attached hydrogens (tertiary/aromatic N) is 2. The van der Waals surface area contributed by atoms with Crippen molar-refractivity contribution in [1.29, 1.82) is 0 Å². The molecule has 266 valence electrons. The molecule has 3 heterocycles. The van der Waals surface area contributed by atoms with Crippen molar-refractivity contribution in [3.8, 4) is 16.9 Å². The number of hydrogen-bond acceptors (Lipinski definition) is 2. The van der Waals surface area contributed by atoms with Crippen molar-refractivity contribution in [3.63, 3.8) is 0 Å². The van der Waals surface area contributed by atoms with E-state index in [1.807, 2.05) is 0 Å². The van der Waals surface area contributed by atoms with Crippen molar-refractivity contribution >= 4 is 66.2 Å². The highest BCUT2D eigenvalue weighted by atomic mass is 16.5. The Labute approximate surface area is 325 Å². The Bertz CT molecular complexity index is 3300. The Kier molecular flexibility index (Phi) is 5.92. The van der Waals surface area contributed by atoms with E-state index in [4.69, 9.17) is 4.74 Å². The third-order valence-electron chi connectivity index (χ3n) is 13.6. The lowest BCUT2D eigenvalue weighted by Crippen LogP contribution is -2.27. The van der Waals surface area contributed by atoms with Crippen LogP contribution in [-0.2, 0) is 11.8 Å². The van der Waals surface area contributed by atoms with E-state index in [1.165, 1.54) is 93.5 Å². The minimum absolute atomic E-state index is 0.188. The van der Waals surface area contributed by atoms with Gasteiger partial charge in [0.25, 0.3) is 0 Å². The van der Waals surface area contributed by atoms with Crippen LogP contribution in [0.4, 0.5) is 11.4 Å². The summed E-state index contributed by atoms with van der Waals surface area (Å²) in [6.45, 7) is 4.72. The molecule has 4 aliphatic rings. The number of ether oxygens (including phenoxy) is 1. The fourth-order valence-corrected chi connectivity index (χ4v) is 10.9. The van der Waals surface area contributed by atoms with Gasteiger partial charge >= 0.3 is 0 Å².